The Labute approximate surface area is 243 Å². The highest BCUT2D eigenvalue weighted by Crippen LogP contribution is 2.46. The predicted octanol–water partition coefficient (Wildman–Crippen LogP) is 3.86. The first kappa shape index (κ1) is 33.2. The smallest absolute Gasteiger partial charge is 0.338 e. The zero-order valence-corrected chi connectivity index (χ0v) is 25.3. The summed E-state index contributed by atoms with van der Waals surface area (Å²) in [5.41, 5.74) is 5.62. The van der Waals surface area contributed by atoms with Gasteiger partial charge in [-0.2, -0.15) is 0 Å². The highest BCUT2D eigenvalue weighted by Gasteiger charge is 2.36. The minimum absolute atomic E-state index is 0.0674. The van der Waals surface area contributed by atoms with Crippen molar-refractivity contribution >= 4 is 36.8 Å². The van der Waals surface area contributed by atoms with Gasteiger partial charge < -0.3 is 33.8 Å². The lowest BCUT2D eigenvalue weighted by molar-refractivity contribution is -0.114. The highest BCUT2D eigenvalue weighted by atomic mass is 31.2. The van der Waals surface area contributed by atoms with Crippen LogP contribution in [0, 0.1) is 5.82 Å². The molecule has 1 aromatic carbocycles. The van der Waals surface area contributed by atoms with Crippen molar-refractivity contribution in [1.82, 2.24) is 24.6 Å². The Bertz CT molecular complexity index is 1420. The summed E-state index contributed by atoms with van der Waals surface area (Å²) in [6.07, 6.45) is 2.79. The van der Waals surface area contributed by atoms with Gasteiger partial charge >= 0.3 is 5.97 Å². The number of aromatic nitrogens is 4. The summed E-state index contributed by atoms with van der Waals surface area (Å²) in [6, 6.07) is 3.53. The number of carbonyl (C=O) groups excluding carboxylic acids is 2. The van der Waals surface area contributed by atoms with Crippen LogP contribution in [-0.2, 0) is 41.2 Å². The second-order valence-electron chi connectivity index (χ2n) is 10.3. The molecule has 0 amide bonds. The molecule has 13 nitrogen and oxygen atoms in total. The topological polar surface area (TPSA) is 170 Å². The number of anilines is 1. The number of carbonyl (C=O) groups is 2. The number of halogens is 1. The molecule has 15 heteroatoms. The molecule has 0 saturated carbocycles. The van der Waals surface area contributed by atoms with Crippen LogP contribution in [0.15, 0.2) is 30.9 Å². The van der Waals surface area contributed by atoms with Gasteiger partial charge in [-0.25, -0.2) is 29.2 Å². The number of rotatable bonds is 17. The molecule has 0 aliphatic carbocycles. The Morgan fingerprint density at radius 3 is 2.71 bits per heavy atom. The van der Waals surface area contributed by atoms with Crippen LogP contribution >= 0.6 is 7.52 Å². The highest BCUT2D eigenvalue weighted by molar-refractivity contribution is 7.56. The molecular weight excluding hydrogens is 570 g/mol. The lowest BCUT2D eigenvalue weighted by Crippen LogP contribution is -2.47. The van der Waals surface area contributed by atoms with Crippen molar-refractivity contribution in [2.24, 2.45) is 0 Å². The molecule has 3 aromatic rings. The lowest BCUT2D eigenvalue weighted by Gasteiger charge is -2.31. The summed E-state index contributed by atoms with van der Waals surface area (Å²) in [5, 5.41) is 2.80. The average Bonchev–Trinajstić information content (AvgIpc) is 3.35. The summed E-state index contributed by atoms with van der Waals surface area (Å²) in [4.78, 5) is 37.1. The molecule has 2 aromatic heterocycles. The summed E-state index contributed by atoms with van der Waals surface area (Å²) in [6.45, 7) is 8.77. The van der Waals surface area contributed by atoms with Crippen molar-refractivity contribution in [2.75, 3.05) is 25.3 Å². The van der Waals surface area contributed by atoms with Crippen LogP contribution in [0.1, 0.15) is 57.0 Å². The summed E-state index contributed by atoms with van der Waals surface area (Å²) < 4.78 is 52.4. The van der Waals surface area contributed by atoms with Gasteiger partial charge in [0.1, 0.15) is 35.8 Å². The number of ether oxygens (including phenoxy) is 3. The van der Waals surface area contributed by atoms with Gasteiger partial charge in [0.05, 0.1) is 43.9 Å². The van der Waals surface area contributed by atoms with Crippen LogP contribution in [0.3, 0.4) is 0 Å². The van der Waals surface area contributed by atoms with Gasteiger partial charge in [0.15, 0.2) is 11.5 Å². The fraction of sp³-hybridized carbons (Fsp3) is 0.519. The molecule has 0 fully saturated rings. The van der Waals surface area contributed by atoms with E-state index in [0.29, 0.717) is 24.1 Å². The maximum atomic E-state index is 14.2. The van der Waals surface area contributed by atoms with Gasteiger partial charge in [-0.1, -0.05) is 13.0 Å². The van der Waals surface area contributed by atoms with Gasteiger partial charge in [-0.3, -0.25) is 4.57 Å². The number of hydrogen-bond acceptors (Lipinski definition) is 11. The van der Waals surface area contributed by atoms with E-state index in [2.05, 4.69) is 20.0 Å². The molecule has 3 N–H and O–H groups in total. The molecule has 0 radical (unpaired) electrons. The van der Waals surface area contributed by atoms with Crippen LogP contribution in [0.5, 0.6) is 0 Å². The molecule has 0 saturated heterocycles. The molecule has 0 aliphatic rings. The number of benzene rings is 1. The van der Waals surface area contributed by atoms with Crippen molar-refractivity contribution in [3.8, 4) is 0 Å². The largest absolute Gasteiger partial charge is 0.459 e. The van der Waals surface area contributed by atoms with E-state index in [-0.39, 0.29) is 36.7 Å². The third-order valence-corrected chi connectivity index (χ3v) is 7.80. The average molecular weight is 609 g/mol. The van der Waals surface area contributed by atoms with E-state index in [1.54, 1.807) is 31.7 Å². The van der Waals surface area contributed by atoms with Gasteiger partial charge in [0.25, 0.3) is 7.52 Å². The van der Waals surface area contributed by atoms with Crippen LogP contribution < -0.4 is 10.8 Å². The fourth-order valence-corrected chi connectivity index (χ4v) is 5.81. The van der Waals surface area contributed by atoms with E-state index in [4.69, 9.17) is 24.5 Å². The number of imidazole rings is 1. The monoisotopic (exact) mass is 608 g/mol. The molecule has 3 rings (SSSR count). The van der Waals surface area contributed by atoms with E-state index in [1.165, 1.54) is 19.3 Å². The van der Waals surface area contributed by atoms with Gasteiger partial charge in [0.2, 0.25) is 0 Å². The fourth-order valence-electron chi connectivity index (χ4n) is 3.92. The zero-order valence-electron chi connectivity index (χ0n) is 24.4. The standard InChI is InChI=1S/C27H38FN6O7P/c1-6-9-38-14-27(5,13-35)33-42(37,40-12-20-7-8-21(28)10-22(20)26(36)41-18(2)3)17-39-19(4)11-34-16-32-23-24(29)30-15-31-25(23)34/h7-8,10,13,15-16,18-19H,6,9,11-12,14,17H2,1-5H3,(H,33,37)(H2,29,30,31)/t19-,27?,42?/m1/s1. The van der Waals surface area contributed by atoms with Gasteiger partial charge in [-0.05, 0) is 51.8 Å². The van der Waals surface area contributed by atoms with Crippen molar-refractivity contribution in [3.05, 3.63) is 47.8 Å². The molecule has 2 heterocycles. The van der Waals surface area contributed by atoms with E-state index in [0.717, 1.165) is 18.6 Å². The second-order valence-corrected chi connectivity index (χ2v) is 12.4. The van der Waals surface area contributed by atoms with Crippen molar-refractivity contribution in [2.45, 2.75) is 71.9 Å². The van der Waals surface area contributed by atoms with Crippen LogP contribution in [0.2, 0.25) is 0 Å². The normalized spacial score (nSPS) is 15.3. The predicted molar refractivity (Wildman–Crippen MR) is 153 cm³/mol. The van der Waals surface area contributed by atoms with E-state index < -0.39 is 43.4 Å². The van der Waals surface area contributed by atoms with Crippen LogP contribution in [0.4, 0.5) is 10.2 Å². The van der Waals surface area contributed by atoms with E-state index in [9.17, 15) is 18.5 Å². The van der Waals surface area contributed by atoms with E-state index in [1.807, 2.05) is 6.92 Å². The Morgan fingerprint density at radius 2 is 2.02 bits per heavy atom. The SMILES string of the molecule is CCCOCC(C)(C=O)NP(=O)(CO[C@H](C)Cn1cnc2c(N)ncnc21)OCc1ccc(F)cc1C(=O)OC(C)C. The number of nitrogens with one attached hydrogen (secondary N) is 1. The zero-order chi connectivity index (χ0) is 30.9. The van der Waals surface area contributed by atoms with Crippen molar-refractivity contribution < 1.29 is 37.3 Å². The first-order valence-corrected chi connectivity index (χ1v) is 15.3. The molecule has 0 spiro atoms. The number of nitrogens with two attached hydrogens (primary N) is 1. The van der Waals surface area contributed by atoms with Gasteiger partial charge in [-0.15, -0.1) is 0 Å². The molecular formula is C27H38FN6O7P. The van der Waals surface area contributed by atoms with Gasteiger partial charge in [0, 0.05) is 6.61 Å². The maximum absolute atomic E-state index is 14.2. The first-order valence-electron chi connectivity index (χ1n) is 13.5. The summed E-state index contributed by atoms with van der Waals surface area (Å²) >= 11 is 0. The van der Waals surface area contributed by atoms with Crippen molar-refractivity contribution in [3.63, 3.8) is 0 Å². The number of aldehydes is 1. The number of hydrogen-bond donors (Lipinski definition) is 2. The number of esters is 1. The molecule has 3 atom stereocenters. The minimum Gasteiger partial charge on any atom is -0.459 e. The molecule has 0 aliphatic heterocycles. The number of nitrogens with zero attached hydrogens (tertiary/aromatic N) is 4. The quantitative estimate of drug-likeness (QED) is 0.0983. The Kier molecular flexibility index (Phi) is 11.7. The van der Waals surface area contributed by atoms with E-state index >= 15 is 0 Å². The third-order valence-electron chi connectivity index (χ3n) is 5.91. The maximum Gasteiger partial charge on any atom is 0.338 e. The Hall–Kier alpha value is -3.29. The Morgan fingerprint density at radius 1 is 1.26 bits per heavy atom. The minimum atomic E-state index is -3.96. The molecule has 42 heavy (non-hydrogen) atoms. The lowest BCUT2D eigenvalue weighted by atomic mass is 10.1. The number of nitrogen functional groups attached to an aromatic ring is 1. The Balaban J connectivity index is 1.81. The molecule has 2 unspecified atom stereocenters. The third kappa shape index (κ3) is 9.10. The second kappa shape index (κ2) is 14.7. The first-order chi connectivity index (χ1) is 19.9. The van der Waals surface area contributed by atoms with Crippen LogP contribution in [0.25, 0.3) is 11.2 Å². The van der Waals surface area contributed by atoms with Crippen LogP contribution in [-0.4, -0.2) is 69.1 Å². The summed E-state index contributed by atoms with van der Waals surface area (Å²) in [5.74, 6) is -1.16. The molecule has 230 valence electrons. The van der Waals surface area contributed by atoms with Crippen molar-refractivity contribution in [1.29, 1.82) is 0 Å². The number of fused-ring (bicyclic) bond motifs is 1. The summed E-state index contributed by atoms with van der Waals surface area (Å²) in [7, 11) is -3.96. The molecule has 0 bridgehead atoms.